The van der Waals surface area contributed by atoms with Crippen LogP contribution in [0, 0.1) is 0 Å². The average Bonchev–Trinajstić information content (AvgIpc) is 2.15. The van der Waals surface area contributed by atoms with Crippen molar-refractivity contribution >= 4 is 5.84 Å². The van der Waals surface area contributed by atoms with Gasteiger partial charge in [0.2, 0.25) is 0 Å². The summed E-state index contributed by atoms with van der Waals surface area (Å²) in [7, 11) is 0. The van der Waals surface area contributed by atoms with E-state index in [0.717, 1.165) is 12.1 Å². The zero-order valence-corrected chi connectivity index (χ0v) is 8.12. The van der Waals surface area contributed by atoms with Gasteiger partial charge in [-0.2, -0.15) is 0 Å². The van der Waals surface area contributed by atoms with Gasteiger partial charge in [0.1, 0.15) is 0 Å². The van der Waals surface area contributed by atoms with Crippen LogP contribution in [-0.4, -0.2) is 10.8 Å². The van der Waals surface area contributed by atoms with Crippen LogP contribution in [-0.2, 0) is 13.0 Å². The third kappa shape index (κ3) is 2.86. The van der Waals surface area contributed by atoms with E-state index < -0.39 is 0 Å². The summed E-state index contributed by atoms with van der Waals surface area (Å²) in [5.41, 5.74) is 7.72. The van der Waals surface area contributed by atoms with E-state index in [1.165, 1.54) is 5.56 Å². The Labute approximate surface area is 78.7 Å². The number of nitrogens with zero attached hydrogens (tertiary/aromatic N) is 2. The third-order valence-corrected chi connectivity index (χ3v) is 1.84. The van der Waals surface area contributed by atoms with Gasteiger partial charge >= 0.3 is 0 Å². The molecule has 0 unspecified atom stereocenters. The molecule has 3 nitrogen and oxygen atoms in total. The number of aliphatic imine (C=N–C) groups is 1. The second-order valence-electron chi connectivity index (χ2n) is 2.92. The molecule has 0 aliphatic carbocycles. The molecule has 0 amide bonds. The van der Waals surface area contributed by atoms with Crippen LogP contribution in [0.4, 0.5) is 0 Å². The third-order valence-electron chi connectivity index (χ3n) is 1.84. The summed E-state index contributed by atoms with van der Waals surface area (Å²) in [5, 5.41) is 0. The van der Waals surface area contributed by atoms with Crippen molar-refractivity contribution in [3.05, 3.63) is 29.6 Å². The van der Waals surface area contributed by atoms with Gasteiger partial charge in [-0.1, -0.05) is 13.0 Å². The maximum absolute atomic E-state index is 5.45. The molecule has 0 atom stereocenters. The fraction of sp³-hybridized carbons (Fsp3) is 0.400. The normalized spacial score (nSPS) is 11.7. The van der Waals surface area contributed by atoms with Crippen molar-refractivity contribution in [2.45, 2.75) is 26.8 Å². The first kappa shape index (κ1) is 9.71. The van der Waals surface area contributed by atoms with Crippen molar-refractivity contribution in [2.24, 2.45) is 10.7 Å². The highest BCUT2D eigenvalue weighted by Gasteiger charge is 1.98. The number of pyridine rings is 1. The molecule has 0 aliphatic rings. The quantitative estimate of drug-likeness (QED) is 0.562. The van der Waals surface area contributed by atoms with Crippen molar-refractivity contribution in [1.29, 1.82) is 0 Å². The lowest BCUT2D eigenvalue weighted by molar-refractivity contribution is 0.933. The molecule has 1 rings (SSSR count). The van der Waals surface area contributed by atoms with E-state index in [0.29, 0.717) is 12.4 Å². The molecule has 1 heterocycles. The van der Waals surface area contributed by atoms with Crippen LogP contribution in [0.25, 0.3) is 0 Å². The first-order valence-corrected chi connectivity index (χ1v) is 4.43. The molecule has 0 aliphatic heterocycles. The van der Waals surface area contributed by atoms with Gasteiger partial charge in [-0.15, -0.1) is 0 Å². The van der Waals surface area contributed by atoms with Gasteiger partial charge < -0.3 is 5.73 Å². The largest absolute Gasteiger partial charge is 0.388 e. The number of amidine groups is 1. The Bertz CT molecular complexity index is 301. The zero-order valence-electron chi connectivity index (χ0n) is 8.12. The van der Waals surface area contributed by atoms with Gasteiger partial charge in [0, 0.05) is 6.20 Å². The fourth-order valence-corrected chi connectivity index (χ4v) is 1.14. The molecule has 0 aromatic carbocycles. The summed E-state index contributed by atoms with van der Waals surface area (Å²) < 4.78 is 0. The molecule has 1 aromatic rings. The Morgan fingerprint density at radius 3 is 3.00 bits per heavy atom. The molecule has 3 heteroatoms. The SMILES string of the molecule is CCc1cccnc1CN=C(C)N. The first-order chi connectivity index (χ1) is 6.24. The van der Waals surface area contributed by atoms with Crippen LogP contribution in [0.5, 0.6) is 0 Å². The second-order valence-corrected chi connectivity index (χ2v) is 2.92. The minimum absolute atomic E-state index is 0.590. The number of hydrogen-bond donors (Lipinski definition) is 1. The standard InChI is InChI=1S/C10H15N3/c1-3-9-5-4-6-12-10(9)7-13-8(2)11/h4-6H,3,7H2,1-2H3,(H2,11,13). The molecule has 0 spiro atoms. The van der Waals surface area contributed by atoms with E-state index >= 15 is 0 Å². The molecular weight excluding hydrogens is 162 g/mol. The zero-order chi connectivity index (χ0) is 9.68. The summed E-state index contributed by atoms with van der Waals surface area (Å²) in [4.78, 5) is 8.39. The van der Waals surface area contributed by atoms with Gasteiger partial charge in [0.15, 0.2) is 0 Å². The van der Waals surface area contributed by atoms with Crippen LogP contribution >= 0.6 is 0 Å². The van der Waals surface area contributed by atoms with Crippen LogP contribution in [0.1, 0.15) is 25.1 Å². The van der Waals surface area contributed by atoms with Crippen molar-refractivity contribution in [2.75, 3.05) is 0 Å². The lowest BCUT2D eigenvalue weighted by Gasteiger charge is -2.02. The number of aryl methyl sites for hydroxylation is 1. The van der Waals surface area contributed by atoms with E-state index in [4.69, 9.17) is 5.73 Å². The summed E-state index contributed by atoms with van der Waals surface area (Å²) in [5.74, 6) is 0.604. The Morgan fingerprint density at radius 2 is 2.38 bits per heavy atom. The smallest absolute Gasteiger partial charge is 0.0910 e. The molecule has 70 valence electrons. The minimum atomic E-state index is 0.590. The molecule has 0 bridgehead atoms. The Kier molecular flexibility index (Phi) is 3.43. The Hall–Kier alpha value is -1.38. The monoisotopic (exact) mass is 177 g/mol. The lowest BCUT2D eigenvalue weighted by atomic mass is 10.1. The number of hydrogen-bond acceptors (Lipinski definition) is 2. The molecule has 0 saturated carbocycles. The summed E-state index contributed by atoms with van der Waals surface area (Å²) in [6.45, 7) is 4.49. The molecule has 0 radical (unpaired) electrons. The molecule has 0 saturated heterocycles. The highest BCUT2D eigenvalue weighted by molar-refractivity contribution is 5.77. The first-order valence-electron chi connectivity index (χ1n) is 4.43. The van der Waals surface area contributed by atoms with Gasteiger partial charge in [-0.3, -0.25) is 9.98 Å². The van der Waals surface area contributed by atoms with E-state index in [2.05, 4.69) is 23.0 Å². The summed E-state index contributed by atoms with van der Waals surface area (Å²) >= 11 is 0. The number of aromatic nitrogens is 1. The minimum Gasteiger partial charge on any atom is -0.388 e. The van der Waals surface area contributed by atoms with E-state index in [1.807, 2.05) is 6.07 Å². The van der Waals surface area contributed by atoms with Crippen LogP contribution in [0.2, 0.25) is 0 Å². The summed E-state index contributed by atoms with van der Waals surface area (Å²) in [6.07, 6.45) is 2.78. The van der Waals surface area contributed by atoms with E-state index in [-0.39, 0.29) is 0 Å². The van der Waals surface area contributed by atoms with Crippen LogP contribution in [0.15, 0.2) is 23.3 Å². The van der Waals surface area contributed by atoms with Crippen molar-refractivity contribution in [3.63, 3.8) is 0 Å². The highest BCUT2D eigenvalue weighted by Crippen LogP contribution is 2.06. The second kappa shape index (κ2) is 4.60. The van der Waals surface area contributed by atoms with Gasteiger partial charge in [0.05, 0.1) is 18.1 Å². The Morgan fingerprint density at radius 1 is 1.62 bits per heavy atom. The van der Waals surface area contributed by atoms with Gasteiger partial charge in [-0.05, 0) is 25.0 Å². The van der Waals surface area contributed by atoms with Crippen molar-refractivity contribution < 1.29 is 0 Å². The average molecular weight is 177 g/mol. The highest BCUT2D eigenvalue weighted by atomic mass is 14.9. The number of rotatable bonds is 3. The Balaban J connectivity index is 2.81. The van der Waals surface area contributed by atoms with Crippen molar-refractivity contribution in [3.8, 4) is 0 Å². The molecule has 1 aromatic heterocycles. The molecule has 13 heavy (non-hydrogen) atoms. The maximum Gasteiger partial charge on any atom is 0.0910 e. The van der Waals surface area contributed by atoms with Gasteiger partial charge in [0.25, 0.3) is 0 Å². The van der Waals surface area contributed by atoms with Gasteiger partial charge in [-0.25, -0.2) is 0 Å². The predicted molar refractivity (Wildman–Crippen MR) is 54.6 cm³/mol. The van der Waals surface area contributed by atoms with Crippen LogP contribution in [0.3, 0.4) is 0 Å². The maximum atomic E-state index is 5.45. The van der Waals surface area contributed by atoms with E-state index in [9.17, 15) is 0 Å². The summed E-state index contributed by atoms with van der Waals surface area (Å²) in [6, 6.07) is 4.02. The topological polar surface area (TPSA) is 51.3 Å². The molecular formula is C10H15N3. The van der Waals surface area contributed by atoms with Crippen LogP contribution < -0.4 is 5.73 Å². The predicted octanol–water partition coefficient (Wildman–Crippen LogP) is 1.52. The molecule has 0 fully saturated rings. The molecule has 2 N–H and O–H groups in total. The van der Waals surface area contributed by atoms with Crippen molar-refractivity contribution in [1.82, 2.24) is 4.98 Å². The lowest BCUT2D eigenvalue weighted by Crippen LogP contribution is -2.06. The van der Waals surface area contributed by atoms with E-state index in [1.54, 1.807) is 13.1 Å². The number of nitrogens with two attached hydrogens (primary N) is 1. The fourth-order valence-electron chi connectivity index (χ4n) is 1.14.